The first-order valence-corrected chi connectivity index (χ1v) is 6.52. The number of aryl methyl sites for hydroxylation is 1. The zero-order chi connectivity index (χ0) is 16.7. The van der Waals surface area contributed by atoms with Crippen LogP contribution in [0.5, 0.6) is 0 Å². The number of benzene rings is 1. The van der Waals surface area contributed by atoms with Crippen molar-refractivity contribution in [2.75, 3.05) is 11.1 Å². The van der Waals surface area contributed by atoms with Crippen LogP contribution in [0.15, 0.2) is 18.3 Å². The molecule has 1 amide bonds. The number of carbonyl (C=O) groups is 1. The summed E-state index contributed by atoms with van der Waals surface area (Å²) in [6.45, 7) is 0. The molecule has 1 aromatic carbocycles. The molecule has 0 aliphatic carbocycles. The number of nitrogens with two attached hydrogens (primary N) is 1. The molecule has 5 nitrogen and oxygen atoms in total. The molecule has 0 fully saturated rings. The number of nitrogen functional groups attached to an aromatic ring is 1. The van der Waals surface area contributed by atoms with E-state index in [1.54, 1.807) is 0 Å². The summed E-state index contributed by atoms with van der Waals surface area (Å²) in [5, 5.41) is 5.68. The molecule has 0 aliphatic heterocycles. The van der Waals surface area contributed by atoms with Gasteiger partial charge in [0.2, 0.25) is 0 Å². The minimum absolute atomic E-state index is 0.0741. The zero-order valence-corrected chi connectivity index (χ0v) is 12.5. The predicted molar refractivity (Wildman–Crippen MR) is 77.0 cm³/mol. The minimum atomic E-state index is -4.75. The van der Waals surface area contributed by atoms with Crippen LogP contribution in [-0.2, 0) is 13.2 Å². The van der Waals surface area contributed by atoms with Crippen molar-refractivity contribution in [3.63, 3.8) is 0 Å². The van der Waals surface area contributed by atoms with Crippen LogP contribution in [0.1, 0.15) is 16.1 Å². The molecule has 0 bridgehead atoms. The summed E-state index contributed by atoms with van der Waals surface area (Å²) in [4.78, 5) is 12.0. The molecule has 2 aromatic rings. The van der Waals surface area contributed by atoms with Crippen LogP contribution in [0.25, 0.3) is 0 Å². The van der Waals surface area contributed by atoms with Gasteiger partial charge in [-0.3, -0.25) is 9.48 Å². The van der Waals surface area contributed by atoms with Gasteiger partial charge in [0.25, 0.3) is 5.91 Å². The van der Waals surface area contributed by atoms with Crippen molar-refractivity contribution in [3.8, 4) is 0 Å². The largest absolute Gasteiger partial charge is 0.435 e. The predicted octanol–water partition coefficient (Wildman–Crippen LogP) is 3.58. The number of halogens is 5. The van der Waals surface area contributed by atoms with Crippen LogP contribution in [0.3, 0.4) is 0 Å². The zero-order valence-electron chi connectivity index (χ0n) is 11.0. The first kappa shape index (κ1) is 16.4. The fourth-order valence-corrected chi connectivity index (χ4v) is 2.21. The highest BCUT2D eigenvalue weighted by atomic mass is 35.5. The molecule has 0 aliphatic rings. The SMILES string of the molecule is Cn1cc(C(=O)Nc2cc(Cl)c(N)c(Cl)c2)c(C(F)(F)F)n1. The number of amides is 1. The summed E-state index contributed by atoms with van der Waals surface area (Å²) in [7, 11) is 1.28. The number of aromatic nitrogens is 2. The molecule has 10 heteroatoms. The van der Waals surface area contributed by atoms with Gasteiger partial charge in [-0.05, 0) is 12.1 Å². The smallest absolute Gasteiger partial charge is 0.396 e. The van der Waals surface area contributed by atoms with Gasteiger partial charge in [-0.2, -0.15) is 18.3 Å². The van der Waals surface area contributed by atoms with Crippen molar-refractivity contribution in [1.82, 2.24) is 9.78 Å². The van der Waals surface area contributed by atoms with Gasteiger partial charge in [0.1, 0.15) is 0 Å². The summed E-state index contributed by atoms with van der Waals surface area (Å²) in [5.74, 6) is -0.989. The summed E-state index contributed by atoms with van der Waals surface area (Å²) >= 11 is 11.6. The van der Waals surface area contributed by atoms with E-state index in [1.807, 2.05) is 0 Å². The number of nitrogens with zero attached hydrogens (tertiary/aromatic N) is 2. The molecule has 0 spiro atoms. The molecule has 0 saturated heterocycles. The molecule has 0 atom stereocenters. The van der Waals surface area contributed by atoms with Crippen molar-refractivity contribution >= 4 is 40.5 Å². The van der Waals surface area contributed by atoms with Crippen LogP contribution >= 0.6 is 23.2 Å². The highest BCUT2D eigenvalue weighted by Crippen LogP contribution is 2.33. The van der Waals surface area contributed by atoms with E-state index in [1.165, 1.54) is 19.2 Å². The fraction of sp³-hybridized carbons (Fsp3) is 0.167. The monoisotopic (exact) mass is 352 g/mol. The average molecular weight is 353 g/mol. The minimum Gasteiger partial charge on any atom is -0.396 e. The maximum Gasteiger partial charge on any atom is 0.435 e. The van der Waals surface area contributed by atoms with Crippen LogP contribution < -0.4 is 11.1 Å². The molecule has 3 N–H and O–H groups in total. The number of rotatable bonds is 2. The first-order valence-electron chi connectivity index (χ1n) is 5.76. The third-order valence-corrected chi connectivity index (χ3v) is 3.30. The molecule has 1 aromatic heterocycles. The van der Waals surface area contributed by atoms with E-state index in [2.05, 4.69) is 10.4 Å². The number of hydrogen-bond acceptors (Lipinski definition) is 3. The molecular weight excluding hydrogens is 344 g/mol. The Hall–Kier alpha value is -1.93. The van der Waals surface area contributed by atoms with Gasteiger partial charge in [-0.1, -0.05) is 23.2 Å². The van der Waals surface area contributed by atoms with Gasteiger partial charge < -0.3 is 11.1 Å². The van der Waals surface area contributed by atoms with Gasteiger partial charge in [0, 0.05) is 18.9 Å². The lowest BCUT2D eigenvalue weighted by molar-refractivity contribution is -0.141. The molecule has 1 heterocycles. The van der Waals surface area contributed by atoms with Gasteiger partial charge in [0.15, 0.2) is 5.69 Å². The summed E-state index contributed by atoms with van der Waals surface area (Å²) in [6, 6.07) is 2.56. The Bertz CT molecular complexity index is 719. The summed E-state index contributed by atoms with van der Waals surface area (Å²) in [5.41, 5.74) is 3.88. The van der Waals surface area contributed by atoms with E-state index in [0.717, 1.165) is 10.9 Å². The Morgan fingerprint density at radius 3 is 2.36 bits per heavy atom. The van der Waals surface area contributed by atoms with Crippen molar-refractivity contribution in [2.24, 2.45) is 7.05 Å². The van der Waals surface area contributed by atoms with E-state index >= 15 is 0 Å². The summed E-state index contributed by atoms with van der Waals surface area (Å²) < 4.78 is 39.4. The summed E-state index contributed by atoms with van der Waals surface area (Å²) in [6.07, 6.45) is -3.77. The number of hydrogen-bond donors (Lipinski definition) is 2. The number of alkyl halides is 3. The molecule has 22 heavy (non-hydrogen) atoms. The second-order valence-corrected chi connectivity index (χ2v) is 5.18. The normalized spacial score (nSPS) is 11.5. The third kappa shape index (κ3) is 3.28. The van der Waals surface area contributed by atoms with E-state index in [0.29, 0.717) is 0 Å². The van der Waals surface area contributed by atoms with Gasteiger partial charge in [-0.25, -0.2) is 0 Å². The Morgan fingerprint density at radius 1 is 1.32 bits per heavy atom. The van der Waals surface area contributed by atoms with Gasteiger partial charge in [0.05, 0.1) is 21.3 Å². The van der Waals surface area contributed by atoms with Crippen molar-refractivity contribution in [3.05, 3.63) is 39.6 Å². The lowest BCUT2D eigenvalue weighted by Gasteiger charge is -2.09. The van der Waals surface area contributed by atoms with Crippen LogP contribution in [-0.4, -0.2) is 15.7 Å². The Balaban J connectivity index is 2.35. The Morgan fingerprint density at radius 2 is 1.86 bits per heavy atom. The maximum atomic E-state index is 12.8. The Labute approximate surface area is 132 Å². The molecule has 2 rings (SSSR count). The van der Waals surface area contributed by atoms with Crippen molar-refractivity contribution < 1.29 is 18.0 Å². The lowest BCUT2D eigenvalue weighted by Crippen LogP contribution is -2.17. The number of carbonyl (C=O) groups excluding carboxylic acids is 1. The highest BCUT2D eigenvalue weighted by molar-refractivity contribution is 6.39. The molecule has 0 saturated carbocycles. The van der Waals surface area contributed by atoms with Crippen molar-refractivity contribution in [1.29, 1.82) is 0 Å². The van der Waals surface area contributed by atoms with E-state index in [4.69, 9.17) is 28.9 Å². The van der Waals surface area contributed by atoms with Gasteiger partial charge >= 0.3 is 6.18 Å². The molecule has 118 valence electrons. The fourth-order valence-electron chi connectivity index (χ4n) is 1.72. The molecular formula is C12H9Cl2F3N4O. The first-order chi connectivity index (χ1) is 10.1. The second kappa shape index (κ2) is 5.69. The molecule has 0 radical (unpaired) electrons. The number of anilines is 2. The van der Waals surface area contributed by atoms with E-state index in [9.17, 15) is 18.0 Å². The van der Waals surface area contributed by atoms with Crippen LogP contribution in [0.4, 0.5) is 24.5 Å². The average Bonchev–Trinajstić information content (AvgIpc) is 2.78. The van der Waals surface area contributed by atoms with Crippen LogP contribution in [0, 0.1) is 0 Å². The van der Waals surface area contributed by atoms with E-state index < -0.39 is 23.3 Å². The lowest BCUT2D eigenvalue weighted by atomic mass is 10.2. The number of nitrogens with one attached hydrogen (secondary N) is 1. The van der Waals surface area contributed by atoms with Gasteiger partial charge in [-0.15, -0.1) is 0 Å². The highest BCUT2D eigenvalue weighted by Gasteiger charge is 2.39. The standard InChI is InChI=1S/C12H9Cl2F3N4O/c1-21-4-6(10(20-21)12(15,16)17)11(22)19-5-2-7(13)9(18)8(14)3-5/h2-4H,18H2,1H3,(H,19,22). The maximum absolute atomic E-state index is 12.8. The van der Waals surface area contributed by atoms with Crippen LogP contribution in [0.2, 0.25) is 10.0 Å². The Kier molecular flexibility index (Phi) is 4.25. The quantitative estimate of drug-likeness (QED) is 0.811. The second-order valence-electron chi connectivity index (χ2n) is 4.37. The van der Waals surface area contributed by atoms with E-state index in [-0.39, 0.29) is 21.4 Å². The molecule has 0 unspecified atom stereocenters. The van der Waals surface area contributed by atoms with Crippen molar-refractivity contribution in [2.45, 2.75) is 6.18 Å². The topological polar surface area (TPSA) is 72.9 Å². The third-order valence-electron chi connectivity index (χ3n) is 2.68.